The average molecular weight is 359 g/mol. The molecule has 0 atom stereocenters. The number of rotatable bonds is 5. The topological polar surface area (TPSA) is 53.4 Å². The minimum atomic E-state index is -0.106. The van der Waals surface area contributed by atoms with Gasteiger partial charge < -0.3 is 10.2 Å². The highest BCUT2D eigenvalue weighted by atomic mass is 32.2. The highest BCUT2D eigenvalue weighted by Crippen LogP contribution is 2.20. The summed E-state index contributed by atoms with van der Waals surface area (Å²) in [6, 6.07) is 7.96. The molecule has 134 valence electrons. The summed E-state index contributed by atoms with van der Waals surface area (Å²) < 4.78 is 1.74. The van der Waals surface area contributed by atoms with E-state index in [-0.39, 0.29) is 6.03 Å². The third kappa shape index (κ3) is 4.99. The standard InChI is InChI=1S/C18H25N5OS/c1-21(12-15-11-19-22(2)13-15)18(24)20-17-6-4-3-5-16(17)14-23-7-9-25-10-8-23/h3-6,11,13H,7-10,12,14H2,1-2H3,(H,20,24). The summed E-state index contributed by atoms with van der Waals surface area (Å²) in [5.74, 6) is 2.37. The Kier molecular flexibility index (Phi) is 5.99. The predicted molar refractivity (Wildman–Crippen MR) is 103 cm³/mol. The first kappa shape index (κ1) is 17.8. The van der Waals surface area contributed by atoms with E-state index >= 15 is 0 Å². The fraction of sp³-hybridized carbons (Fsp3) is 0.444. The molecular weight excluding hydrogens is 334 g/mol. The predicted octanol–water partition coefficient (Wildman–Crippen LogP) is 2.63. The van der Waals surface area contributed by atoms with Gasteiger partial charge >= 0.3 is 6.03 Å². The third-order valence-corrected chi connectivity index (χ3v) is 5.22. The van der Waals surface area contributed by atoms with E-state index in [0.29, 0.717) is 6.54 Å². The molecule has 1 aromatic heterocycles. The van der Waals surface area contributed by atoms with Crippen LogP contribution in [0, 0.1) is 0 Å². The number of hydrogen-bond donors (Lipinski definition) is 1. The first-order valence-corrected chi connectivity index (χ1v) is 9.65. The highest BCUT2D eigenvalue weighted by molar-refractivity contribution is 7.99. The second-order valence-corrected chi connectivity index (χ2v) is 7.58. The zero-order valence-electron chi connectivity index (χ0n) is 14.8. The van der Waals surface area contributed by atoms with Gasteiger partial charge in [-0.25, -0.2) is 4.79 Å². The van der Waals surface area contributed by atoms with Crippen molar-refractivity contribution in [3.8, 4) is 0 Å². The molecule has 3 rings (SSSR count). The molecule has 1 aliphatic heterocycles. The van der Waals surface area contributed by atoms with Gasteiger partial charge in [0, 0.05) is 62.7 Å². The average Bonchev–Trinajstić information content (AvgIpc) is 3.02. The van der Waals surface area contributed by atoms with Crippen molar-refractivity contribution in [2.24, 2.45) is 7.05 Å². The van der Waals surface area contributed by atoms with E-state index < -0.39 is 0 Å². The quantitative estimate of drug-likeness (QED) is 0.892. The van der Waals surface area contributed by atoms with Crippen molar-refractivity contribution in [2.45, 2.75) is 13.1 Å². The summed E-state index contributed by atoms with van der Waals surface area (Å²) >= 11 is 2.01. The molecule has 1 saturated heterocycles. The molecular formula is C18H25N5OS. The van der Waals surface area contributed by atoms with E-state index in [0.717, 1.165) is 36.4 Å². The lowest BCUT2D eigenvalue weighted by Crippen LogP contribution is -2.33. The molecule has 0 spiro atoms. The van der Waals surface area contributed by atoms with Crippen molar-refractivity contribution >= 4 is 23.5 Å². The summed E-state index contributed by atoms with van der Waals surface area (Å²) in [4.78, 5) is 16.7. The second kappa shape index (κ2) is 8.40. The monoisotopic (exact) mass is 359 g/mol. The third-order valence-electron chi connectivity index (χ3n) is 4.28. The van der Waals surface area contributed by atoms with E-state index in [1.54, 1.807) is 22.8 Å². The van der Waals surface area contributed by atoms with Crippen LogP contribution in [0.1, 0.15) is 11.1 Å². The fourth-order valence-electron chi connectivity index (χ4n) is 2.89. The number of aryl methyl sites for hydroxylation is 1. The number of thioether (sulfide) groups is 1. The maximum absolute atomic E-state index is 12.5. The van der Waals surface area contributed by atoms with Crippen LogP contribution in [0.3, 0.4) is 0 Å². The molecule has 2 aromatic rings. The van der Waals surface area contributed by atoms with E-state index in [9.17, 15) is 4.79 Å². The number of carbonyl (C=O) groups excluding carboxylic acids is 1. The number of para-hydroxylation sites is 1. The number of nitrogens with one attached hydrogen (secondary N) is 1. The van der Waals surface area contributed by atoms with Gasteiger partial charge in [-0.15, -0.1) is 0 Å². The van der Waals surface area contributed by atoms with Gasteiger partial charge in [0.2, 0.25) is 0 Å². The molecule has 25 heavy (non-hydrogen) atoms. The Hall–Kier alpha value is -1.99. The first-order chi connectivity index (χ1) is 12.1. The zero-order chi connectivity index (χ0) is 17.6. The molecule has 0 aliphatic carbocycles. The molecule has 6 nitrogen and oxygen atoms in total. The summed E-state index contributed by atoms with van der Waals surface area (Å²) in [7, 11) is 3.67. The van der Waals surface area contributed by atoms with Crippen LogP contribution in [-0.4, -0.2) is 57.3 Å². The molecule has 0 bridgehead atoms. The lowest BCUT2D eigenvalue weighted by molar-refractivity contribution is 0.220. The van der Waals surface area contributed by atoms with Gasteiger partial charge in [-0.05, 0) is 11.6 Å². The summed E-state index contributed by atoms with van der Waals surface area (Å²) in [5, 5.41) is 7.20. The number of amides is 2. The second-order valence-electron chi connectivity index (χ2n) is 6.35. The maximum Gasteiger partial charge on any atom is 0.321 e. The minimum absolute atomic E-state index is 0.106. The van der Waals surface area contributed by atoms with Crippen LogP contribution in [0.2, 0.25) is 0 Å². The van der Waals surface area contributed by atoms with Crippen LogP contribution in [-0.2, 0) is 20.1 Å². The smallest absolute Gasteiger partial charge is 0.321 e. The van der Waals surface area contributed by atoms with Crippen molar-refractivity contribution < 1.29 is 4.79 Å². The van der Waals surface area contributed by atoms with Gasteiger partial charge in [0.15, 0.2) is 0 Å². The number of urea groups is 1. The lowest BCUT2D eigenvalue weighted by atomic mass is 10.1. The van der Waals surface area contributed by atoms with Crippen LogP contribution in [0.4, 0.5) is 10.5 Å². The van der Waals surface area contributed by atoms with Gasteiger partial charge in [0.25, 0.3) is 0 Å². The summed E-state index contributed by atoms with van der Waals surface area (Å²) in [5.41, 5.74) is 3.07. The number of nitrogens with zero attached hydrogens (tertiary/aromatic N) is 4. The number of anilines is 1. The Labute approximate surface area is 153 Å². The molecule has 7 heteroatoms. The zero-order valence-corrected chi connectivity index (χ0v) is 15.6. The SMILES string of the molecule is CN(Cc1cnn(C)c1)C(=O)Nc1ccccc1CN1CCSCC1. The molecule has 0 saturated carbocycles. The van der Waals surface area contributed by atoms with E-state index in [4.69, 9.17) is 0 Å². The Morgan fingerprint density at radius 2 is 2.08 bits per heavy atom. The molecule has 2 amide bonds. The number of aromatic nitrogens is 2. The first-order valence-electron chi connectivity index (χ1n) is 8.49. The number of carbonyl (C=O) groups is 1. The van der Waals surface area contributed by atoms with E-state index in [1.165, 1.54) is 11.5 Å². The van der Waals surface area contributed by atoms with E-state index in [2.05, 4.69) is 21.4 Å². The molecule has 1 aromatic carbocycles. The Bertz CT molecular complexity index is 711. The molecule has 1 aliphatic rings. The lowest BCUT2D eigenvalue weighted by Gasteiger charge is -2.27. The van der Waals surface area contributed by atoms with Gasteiger partial charge in [-0.1, -0.05) is 18.2 Å². The van der Waals surface area contributed by atoms with Crippen LogP contribution >= 0.6 is 11.8 Å². The van der Waals surface area contributed by atoms with Crippen molar-refractivity contribution in [1.82, 2.24) is 19.6 Å². The fourth-order valence-corrected chi connectivity index (χ4v) is 3.87. The Morgan fingerprint density at radius 3 is 2.80 bits per heavy atom. The largest absolute Gasteiger partial charge is 0.323 e. The van der Waals surface area contributed by atoms with Crippen LogP contribution in [0.5, 0.6) is 0 Å². The van der Waals surface area contributed by atoms with Crippen LogP contribution < -0.4 is 5.32 Å². The van der Waals surface area contributed by atoms with Gasteiger partial charge in [0.05, 0.1) is 12.7 Å². The number of benzene rings is 1. The van der Waals surface area contributed by atoms with Gasteiger partial charge in [-0.2, -0.15) is 16.9 Å². The summed E-state index contributed by atoms with van der Waals surface area (Å²) in [6.07, 6.45) is 3.71. The highest BCUT2D eigenvalue weighted by Gasteiger charge is 2.15. The van der Waals surface area contributed by atoms with Crippen molar-refractivity contribution in [3.63, 3.8) is 0 Å². The van der Waals surface area contributed by atoms with Gasteiger partial charge in [-0.3, -0.25) is 9.58 Å². The molecule has 0 radical (unpaired) electrons. The minimum Gasteiger partial charge on any atom is -0.323 e. The summed E-state index contributed by atoms with van der Waals surface area (Å²) in [6.45, 7) is 3.62. The molecule has 1 fully saturated rings. The molecule has 0 unspecified atom stereocenters. The van der Waals surface area contributed by atoms with Crippen molar-refractivity contribution in [3.05, 3.63) is 47.8 Å². The van der Waals surface area contributed by atoms with E-state index in [1.807, 2.05) is 43.2 Å². The maximum atomic E-state index is 12.5. The van der Waals surface area contributed by atoms with Crippen LogP contribution in [0.15, 0.2) is 36.7 Å². The van der Waals surface area contributed by atoms with Crippen molar-refractivity contribution in [1.29, 1.82) is 0 Å². The van der Waals surface area contributed by atoms with Gasteiger partial charge in [0.1, 0.15) is 0 Å². The molecule has 2 heterocycles. The normalized spacial score (nSPS) is 15.1. The Balaban J connectivity index is 1.62. The molecule has 1 N–H and O–H groups in total. The number of hydrogen-bond acceptors (Lipinski definition) is 4. The van der Waals surface area contributed by atoms with Crippen LogP contribution in [0.25, 0.3) is 0 Å². The van der Waals surface area contributed by atoms with Crippen molar-refractivity contribution in [2.75, 3.05) is 37.0 Å². The Morgan fingerprint density at radius 1 is 1.32 bits per heavy atom.